The highest BCUT2D eigenvalue weighted by Gasteiger charge is 2.24. The topological polar surface area (TPSA) is 73.9 Å². The molecule has 2 aromatic rings. The van der Waals surface area contributed by atoms with Crippen molar-refractivity contribution in [1.29, 1.82) is 0 Å². The maximum absolute atomic E-state index is 11.5. The van der Waals surface area contributed by atoms with Crippen LogP contribution in [0.5, 0.6) is 0 Å². The summed E-state index contributed by atoms with van der Waals surface area (Å²) in [5.41, 5.74) is 0.800. The summed E-state index contributed by atoms with van der Waals surface area (Å²) in [6.45, 7) is 3.10. The Morgan fingerprint density at radius 1 is 1.47 bits per heavy atom. The van der Waals surface area contributed by atoms with Crippen LogP contribution in [-0.4, -0.2) is 40.0 Å². The maximum Gasteiger partial charge on any atom is 0.239 e. The molecular formula is C11H13N5O. The molecule has 1 saturated heterocycles. The standard InChI is InChI=1S/C11H13N5O/c1-7-4-16(5-9(17)15-7)11-8-2-3-12-10(8)13-6-14-11/h2-3,6-7H,4-5H2,1H3,(H,15,17)(H,12,13,14). The van der Waals surface area contributed by atoms with Gasteiger partial charge >= 0.3 is 0 Å². The number of fused-ring (bicyclic) bond motifs is 1. The van der Waals surface area contributed by atoms with Gasteiger partial charge in [-0.2, -0.15) is 0 Å². The van der Waals surface area contributed by atoms with Crippen molar-refractivity contribution in [2.45, 2.75) is 13.0 Å². The number of hydrogen-bond donors (Lipinski definition) is 2. The van der Waals surface area contributed by atoms with Crippen LogP contribution in [-0.2, 0) is 4.79 Å². The van der Waals surface area contributed by atoms with Gasteiger partial charge in [-0.15, -0.1) is 0 Å². The quantitative estimate of drug-likeness (QED) is 0.739. The molecule has 0 bridgehead atoms. The highest BCUT2D eigenvalue weighted by molar-refractivity contribution is 5.90. The lowest BCUT2D eigenvalue weighted by Gasteiger charge is -2.32. The summed E-state index contributed by atoms with van der Waals surface area (Å²) in [6.07, 6.45) is 3.35. The van der Waals surface area contributed by atoms with Crippen LogP contribution in [0.2, 0.25) is 0 Å². The summed E-state index contributed by atoms with van der Waals surface area (Å²) >= 11 is 0. The number of carbonyl (C=O) groups excluding carboxylic acids is 1. The lowest BCUT2D eigenvalue weighted by Crippen LogP contribution is -2.53. The van der Waals surface area contributed by atoms with Crippen LogP contribution in [0.15, 0.2) is 18.6 Å². The molecule has 1 atom stereocenters. The number of nitrogens with zero attached hydrogens (tertiary/aromatic N) is 3. The molecule has 6 nitrogen and oxygen atoms in total. The Hall–Kier alpha value is -2.11. The first-order valence-electron chi connectivity index (χ1n) is 5.56. The van der Waals surface area contributed by atoms with Crippen molar-refractivity contribution in [2.75, 3.05) is 18.0 Å². The van der Waals surface area contributed by atoms with E-state index in [2.05, 4.69) is 20.3 Å². The van der Waals surface area contributed by atoms with Gasteiger partial charge in [0.1, 0.15) is 17.8 Å². The van der Waals surface area contributed by atoms with Crippen LogP contribution in [0.3, 0.4) is 0 Å². The number of carbonyl (C=O) groups is 1. The number of hydrogen-bond acceptors (Lipinski definition) is 4. The van der Waals surface area contributed by atoms with Gasteiger partial charge < -0.3 is 15.2 Å². The summed E-state index contributed by atoms with van der Waals surface area (Å²) in [6, 6.07) is 2.07. The molecule has 0 aromatic carbocycles. The van der Waals surface area contributed by atoms with E-state index in [-0.39, 0.29) is 11.9 Å². The zero-order valence-electron chi connectivity index (χ0n) is 9.47. The molecule has 2 N–H and O–H groups in total. The predicted octanol–water partition coefficient (Wildman–Crippen LogP) is 0.283. The van der Waals surface area contributed by atoms with E-state index in [1.54, 1.807) is 0 Å². The number of amides is 1. The Labute approximate surface area is 98.1 Å². The van der Waals surface area contributed by atoms with Crippen molar-refractivity contribution in [3.05, 3.63) is 18.6 Å². The second-order valence-electron chi connectivity index (χ2n) is 4.29. The molecule has 1 amide bonds. The van der Waals surface area contributed by atoms with Gasteiger partial charge in [0.2, 0.25) is 5.91 Å². The third-order valence-electron chi connectivity index (χ3n) is 2.87. The zero-order valence-corrected chi connectivity index (χ0v) is 9.47. The molecule has 1 aliphatic rings. The van der Waals surface area contributed by atoms with Crippen LogP contribution >= 0.6 is 0 Å². The Bertz CT molecular complexity index is 564. The van der Waals surface area contributed by atoms with E-state index in [1.165, 1.54) is 6.33 Å². The van der Waals surface area contributed by atoms with Gasteiger partial charge in [0.25, 0.3) is 0 Å². The van der Waals surface area contributed by atoms with Gasteiger partial charge in [0, 0.05) is 18.8 Å². The van der Waals surface area contributed by atoms with E-state index >= 15 is 0 Å². The summed E-state index contributed by atoms with van der Waals surface area (Å²) in [4.78, 5) is 25.0. The van der Waals surface area contributed by atoms with Crippen LogP contribution in [0.1, 0.15) is 6.92 Å². The predicted molar refractivity (Wildman–Crippen MR) is 63.7 cm³/mol. The molecule has 6 heteroatoms. The summed E-state index contributed by atoms with van der Waals surface area (Å²) in [5.74, 6) is 0.851. The van der Waals surface area contributed by atoms with Gasteiger partial charge in [-0.05, 0) is 13.0 Å². The fourth-order valence-corrected chi connectivity index (χ4v) is 2.21. The minimum absolute atomic E-state index is 0.0334. The first kappa shape index (κ1) is 10.1. The van der Waals surface area contributed by atoms with Crippen LogP contribution in [0, 0.1) is 0 Å². The van der Waals surface area contributed by atoms with Crippen molar-refractivity contribution in [3.8, 4) is 0 Å². The Morgan fingerprint density at radius 2 is 2.35 bits per heavy atom. The maximum atomic E-state index is 11.5. The van der Waals surface area contributed by atoms with Crippen molar-refractivity contribution in [1.82, 2.24) is 20.3 Å². The Morgan fingerprint density at radius 3 is 3.18 bits per heavy atom. The third kappa shape index (κ3) is 1.71. The van der Waals surface area contributed by atoms with Crippen LogP contribution in [0.4, 0.5) is 5.82 Å². The lowest BCUT2D eigenvalue weighted by molar-refractivity contribution is -0.121. The number of aromatic amines is 1. The average molecular weight is 231 g/mol. The summed E-state index contributed by atoms with van der Waals surface area (Å²) in [7, 11) is 0. The summed E-state index contributed by atoms with van der Waals surface area (Å²) in [5, 5.41) is 3.84. The fourth-order valence-electron chi connectivity index (χ4n) is 2.21. The number of rotatable bonds is 1. The highest BCUT2D eigenvalue weighted by atomic mass is 16.2. The number of aromatic nitrogens is 3. The molecule has 88 valence electrons. The van der Waals surface area contributed by atoms with E-state index in [1.807, 2.05) is 24.1 Å². The SMILES string of the molecule is CC1CN(c2ncnc3[nH]ccc23)CC(=O)N1. The number of anilines is 1. The normalized spacial score (nSPS) is 20.6. The molecule has 17 heavy (non-hydrogen) atoms. The van der Waals surface area contributed by atoms with Gasteiger partial charge in [-0.3, -0.25) is 4.79 Å². The lowest BCUT2D eigenvalue weighted by atomic mass is 10.2. The molecular weight excluding hydrogens is 218 g/mol. The third-order valence-corrected chi connectivity index (χ3v) is 2.87. The molecule has 1 aliphatic heterocycles. The van der Waals surface area contributed by atoms with Crippen molar-refractivity contribution >= 4 is 22.8 Å². The number of piperazine rings is 1. The van der Waals surface area contributed by atoms with Crippen LogP contribution < -0.4 is 10.2 Å². The Balaban J connectivity index is 2.03. The van der Waals surface area contributed by atoms with E-state index in [0.717, 1.165) is 23.4 Å². The smallest absolute Gasteiger partial charge is 0.239 e. The molecule has 1 unspecified atom stereocenters. The number of H-pyrrole nitrogens is 1. The van der Waals surface area contributed by atoms with E-state index in [9.17, 15) is 4.79 Å². The average Bonchev–Trinajstić information content (AvgIpc) is 2.75. The van der Waals surface area contributed by atoms with Crippen molar-refractivity contribution in [2.24, 2.45) is 0 Å². The molecule has 2 aromatic heterocycles. The molecule has 3 heterocycles. The van der Waals surface area contributed by atoms with Gasteiger partial charge in [-0.25, -0.2) is 9.97 Å². The van der Waals surface area contributed by atoms with E-state index in [0.29, 0.717) is 6.54 Å². The first-order valence-corrected chi connectivity index (χ1v) is 5.56. The largest absolute Gasteiger partial charge is 0.350 e. The highest BCUT2D eigenvalue weighted by Crippen LogP contribution is 2.22. The van der Waals surface area contributed by atoms with Crippen LogP contribution in [0.25, 0.3) is 11.0 Å². The minimum Gasteiger partial charge on any atom is -0.350 e. The summed E-state index contributed by atoms with van der Waals surface area (Å²) < 4.78 is 0. The molecule has 0 aliphatic carbocycles. The van der Waals surface area contributed by atoms with Gasteiger partial charge in [0.05, 0.1) is 11.9 Å². The molecule has 3 rings (SSSR count). The molecule has 0 radical (unpaired) electrons. The fraction of sp³-hybridized carbons (Fsp3) is 0.364. The van der Waals surface area contributed by atoms with E-state index in [4.69, 9.17) is 0 Å². The zero-order chi connectivity index (χ0) is 11.8. The van der Waals surface area contributed by atoms with Gasteiger partial charge in [-0.1, -0.05) is 0 Å². The second kappa shape index (κ2) is 3.73. The molecule has 0 spiro atoms. The monoisotopic (exact) mass is 231 g/mol. The molecule has 0 saturated carbocycles. The molecule has 1 fully saturated rings. The minimum atomic E-state index is 0.0334. The van der Waals surface area contributed by atoms with Crippen molar-refractivity contribution in [3.63, 3.8) is 0 Å². The van der Waals surface area contributed by atoms with Gasteiger partial charge in [0.15, 0.2) is 0 Å². The second-order valence-corrected chi connectivity index (χ2v) is 4.29. The van der Waals surface area contributed by atoms with E-state index < -0.39 is 0 Å². The number of nitrogens with one attached hydrogen (secondary N) is 2. The first-order chi connectivity index (χ1) is 8.24. The van der Waals surface area contributed by atoms with Crippen molar-refractivity contribution < 1.29 is 4.79 Å². The Kier molecular flexibility index (Phi) is 2.21.